The summed E-state index contributed by atoms with van der Waals surface area (Å²) in [6.45, 7) is 5.09. The molecule has 25 heavy (non-hydrogen) atoms. The molecule has 1 amide bonds. The predicted molar refractivity (Wildman–Crippen MR) is 98.6 cm³/mol. The van der Waals surface area contributed by atoms with Crippen LogP contribution in [0.1, 0.15) is 17.5 Å². The van der Waals surface area contributed by atoms with E-state index in [-0.39, 0.29) is 6.09 Å². The van der Waals surface area contributed by atoms with E-state index in [1.54, 1.807) is 0 Å². The Labute approximate surface area is 149 Å². The molecule has 0 unspecified atom stereocenters. The number of carbonyl (C=O) groups excluding carboxylic acids is 1. The lowest BCUT2D eigenvalue weighted by Crippen LogP contribution is -2.37. The maximum absolute atomic E-state index is 12.4. The van der Waals surface area contributed by atoms with E-state index in [9.17, 15) is 4.79 Å². The maximum atomic E-state index is 12.4. The van der Waals surface area contributed by atoms with Gasteiger partial charge in [-0.2, -0.15) is 0 Å². The lowest BCUT2D eigenvalue weighted by molar-refractivity contribution is 0.102. The summed E-state index contributed by atoms with van der Waals surface area (Å²) in [4.78, 5) is 16.7. The van der Waals surface area contributed by atoms with Crippen LogP contribution in [-0.4, -0.2) is 36.7 Å². The van der Waals surface area contributed by atoms with E-state index in [0.29, 0.717) is 18.6 Å². The van der Waals surface area contributed by atoms with Gasteiger partial charge in [0.2, 0.25) is 0 Å². The number of anilines is 1. The first-order chi connectivity index (χ1) is 12.2. The highest BCUT2D eigenvalue weighted by atomic mass is 16.6. The van der Waals surface area contributed by atoms with Crippen LogP contribution in [0.4, 0.5) is 10.5 Å². The highest BCUT2D eigenvalue weighted by molar-refractivity contribution is 5.68. The molecular formula is C21H24N2O2. The van der Waals surface area contributed by atoms with Gasteiger partial charge < -0.3 is 14.5 Å². The van der Waals surface area contributed by atoms with Crippen LogP contribution in [0.25, 0.3) is 0 Å². The molecular weight excluding hydrogens is 312 g/mol. The second-order valence-corrected chi connectivity index (χ2v) is 7.09. The van der Waals surface area contributed by atoms with E-state index in [1.165, 1.54) is 11.3 Å². The van der Waals surface area contributed by atoms with Crippen molar-refractivity contribution in [3.05, 3.63) is 65.7 Å². The van der Waals surface area contributed by atoms with Crippen LogP contribution in [0.5, 0.6) is 0 Å². The molecule has 2 aliphatic heterocycles. The normalized spacial score (nSPS) is 22.1. The first-order valence-corrected chi connectivity index (χ1v) is 8.99. The van der Waals surface area contributed by atoms with Gasteiger partial charge in [0, 0.05) is 31.2 Å². The van der Waals surface area contributed by atoms with Gasteiger partial charge in [-0.25, -0.2) is 4.79 Å². The smallest absolute Gasteiger partial charge is 0.410 e. The van der Waals surface area contributed by atoms with E-state index < -0.39 is 0 Å². The number of likely N-dealkylation sites (tertiary alicyclic amines) is 1. The number of fused-ring (bicyclic) bond motifs is 1. The molecule has 0 aliphatic carbocycles. The first kappa shape index (κ1) is 16.0. The van der Waals surface area contributed by atoms with E-state index >= 15 is 0 Å². The van der Waals surface area contributed by atoms with Crippen LogP contribution < -0.4 is 4.90 Å². The molecule has 2 aliphatic rings. The largest absolute Gasteiger partial charge is 0.445 e. The van der Waals surface area contributed by atoms with Crippen molar-refractivity contribution in [3.63, 3.8) is 0 Å². The third-order valence-corrected chi connectivity index (χ3v) is 5.38. The van der Waals surface area contributed by atoms with E-state index in [2.05, 4.69) is 36.1 Å². The third kappa shape index (κ3) is 3.34. The Hall–Kier alpha value is -2.49. The molecule has 4 nitrogen and oxygen atoms in total. The van der Waals surface area contributed by atoms with Crippen LogP contribution in [0.3, 0.4) is 0 Å². The minimum Gasteiger partial charge on any atom is -0.445 e. The average Bonchev–Trinajstić information content (AvgIpc) is 3.22. The van der Waals surface area contributed by atoms with Gasteiger partial charge in [0.15, 0.2) is 0 Å². The number of hydrogen-bond donors (Lipinski definition) is 0. The fourth-order valence-electron chi connectivity index (χ4n) is 3.98. The van der Waals surface area contributed by atoms with E-state index in [4.69, 9.17) is 4.74 Å². The van der Waals surface area contributed by atoms with Gasteiger partial charge in [0.25, 0.3) is 0 Å². The second kappa shape index (κ2) is 6.79. The Morgan fingerprint density at radius 2 is 1.84 bits per heavy atom. The van der Waals surface area contributed by atoms with Crippen molar-refractivity contribution in [1.82, 2.24) is 4.90 Å². The molecule has 2 aromatic rings. The van der Waals surface area contributed by atoms with Crippen molar-refractivity contribution >= 4 is 11.8 Å². The summed E-state index contributed by atoms with van der Waals surface area (Å²) in [5.41, 5.74) is 3.56. The predicted octanol–water partition coefficient (Wildman–Crippen LogP) is 3.84. The molecule has 0 radical (unpaired) electrons. The number of hydrogen-bond acceptors (Lipinski definition) is 3. The molecule has 4 heteroatoms. The van der Waals surface area contributed by atoms with Crippen LogP contribution in [-0.2, 0) is 11.3 Å². The molecule has 2 heterocycles. The quantitative estimate of drug-likeness (QED) is 0.854. The minimum atomic E-state index is -0.192. The highest BCUT2D eigenvalue weighted by Gasteiger charge is 2.43. The van der Waals surface area contributed by atoms with Crippen LogP contribution in [0.2, 0.25) is 0 Å². The molecule has 0 saturated carbocycles. The van der Waals surface area contributed by atoms with Gasteiger partial charge in [0.05, 0.1) is 6.04 Å². The zero-order valence-corrected chi connectivity index (χ0v) is 14.6. The SMILES string of the molecule is Cc1ccc(N2CC[C@@H]3CN(C(=O)OCc4ccccc4)C[C@@H]32)cc1. The third-order valence-electron chi connectivity index (χ3n) is 5.38. The summed E-state index contributed by atoms with van der Waals surface area (Å²) < 4.78 is 5.50. The Morgan fingerprint density at radius 3 is 2.60 bits per heavy atom. The number of ether oxygens (including phenoxy) is 1. The molecule has 2 fully saturated rings. The van der Waals surface area contributed by atoms with Crippen molar-refractivity contribution in [2.75, 3.05) is 24.5 Å². The summed E-state index contributed by atoms with van der Waals surface area (Å²) in [5, 5.41) is 0. The fourth-order valence-corrected chi connectivity index (χ4v) is 3.98. The topological polar surface area (TPSA) is 32.8 Å². The Kier molecular flexibility index (Phi) is 4.35. The molecule has 0 spiro atoms. The average molecular weight is 336 g/mol. The summed E-state index contributed by atoms with van der Waals surface area (Å²) >= 11 is 0. The van der Waals surface area contributed by atoms with Crippen molar-refractivity contribution in [1.29, 1.82) is 0 Å². The Morgan fingerprint density at radius 1 is 1.08 bits per heavy atom. The standard InChI is InChI=1S/C21H24N2O2/c1-16-7-9-19(10-8-16)23-12-11-18-13-22(14-20(18)23)21(24)25-15-17-5-3-2-4-6-17/h2-10,18,20H,11-15H2,1H3/t18-,20+/m1/s1. The fraction of sp³-hybridized carbons (Fsp3) is 0.381. The maximum Gasteiger partial charge on any atom is 0.410 e. The van der Waals surface area contributed by atoms with Crippen LogP contribution in [0.15, 0.2) is 54.6 Å². The molecule has 0 aromatic heterocycles. The summed E-state index contributed by atoms with van der Waals surface area (Å²) in [6.07, 6.45) is 0.947. The van der Waals surface area contributed by atoms with Gasteiger partial charge in [-0.15, -0.1) is 0 Å². The zero-order chi connectivity index (χ0) is 17.2. The first-order valence-electron chi connectivity index (χ1n) is 8.99. The second-order valence-electron chi connectivity index (χ2n) is 7.09. The number of amides is 1. The number of nitrogens with zero attached hydrogens (tertiary/aromatic N) is 2. The van der Waals surface area contributed by atoms with Gasteiger partial charge in [-0.1, -0.05) is 48.0 Å². The van der Waals surface area contributed by atoms with Crippen molar-refractivity contribution in [2.45, 2.75) is 26.0 Å². The Balaban J connectivity index is 1.37. The van der Waals surface area contributed by atoms with Crippen molar-refractivity contribution in [2.24, 2.45) is 5.92 Å². The van der Waals surface area contributed by atoms with Crippen LogP contribution in [0, 0.1) is 12.8 Å². The van der Waals surface area contributed by atoms with Gasteiger partial charge in [0.1, 0.15) is 6.61 Å². The van der Waals surface area contributed by atoms with Crippen LogP contribution >= 0.6 is 0 Å². The van der Waals surface area contributed by atoms with Crippen molar-refractivity contribution < 1.29 is 9.53 Å². The summed E-state index contributed by atoms with van der Waals surface area (Å²) in [6, 6.07) is 18.9. The minimum absolute atomic E-state index is 0.192. The zero-order valence-electron chi connectivity index (χ0n) is 14.6. The van der Waals surface area contributed by atoms with Gasteiger partial charge in [-0.05, 0) is 31.0 Å². The number of rotatable bonds is 3. The molecule has 0 N–H and O–H groups in total. The van der Waals surface area contributed by atoms with Gasteiger partial charge >= 0.3 is 6.09 Å². The molecule has 2 atom stereocenters. The number of benzene rings is 2. The van der Waals surface area contributed by atoms with E-state index in [1.807, 2.05) is 35.2 Å². The number of aryl methyl sites for hydroxylation is 1. The lowest BCUT2D eigenvalue weighted by Gasteiger charge is -2.27. The number of carbonyl (C=O) groups is 1. The molecule has 0 bridgehead atoms. The Bertz CT molecular complexity index is 729. The van der Waals surface area contributed by atoms with Gasteiger partial charge in [-0.3, -0.25) is 0 Å². The molecule has 4 rings (SSSR count). The molecule has 2 saturated heterocycles. The molecule has 2 aromatic carbocycles. The summed E-state index contributed by atoms with van der Waals surface area (Å²) in [7, 11) is 0. The van der Waals surface area contributed by atoms with Crippen molar-refractivity contribution in [3.8, 4) is 0 Å². The lowest BCUT2D eigenvalue weighted by atomic mass is 10.0. The highest BCUT2D eigenvalue weighted by Crippen LogP contribution is 2.35. The van der Waals surface area contributed by atoms with E-state index in [0.717, 1.165) is 31.6 Å². The molecule has 130 valence electrons. The summed E-state index contributed by atoms with van der Waals surface area (Å²) in [5.74, 6) is 0.547. The monoisotopic (exact) mass is 336 g/mol.